The number of carbonyl (C=O) groups is 3. The Balaban J connectivity index is 1.60. The highest BCUT2D eigenvalue weighted by atomic mass is 16.7. The minimum atomic E-state index is -2.28. The van der Waals surface area contributed by atoms with Gasteiger partial charge in [-0.3, -0.25) is 4.79 Å². The fourth-order valence-electron chi connectivity index (χ4n) is 4.60. The molecule has 216 valence electrons. The summed E-state index contributed by atoms with van der Waals surface area (Å²) in [5.74, 6) is -0.201. The Morgan fingerprint density at radius 1 is 0.814 bits per heavy atom. The predicted molar refractivity (Wildman–Crippen MR) is 151 cm³/mol. The maximum absolute atomic E-state index is 13.4. The predicted octanol–water partition coefficient (Wildman–Crippen LogP) is 2.75. The fraction of sp³-hybridized carbons (Fsp3) is 0.156. The first kappa shape index (κ1) is 28.8. The zero-order chi connectivity index (χ0) is 30.4. The van der Waals surface area contributed by atoms with Gasteiger partial charge in [0.15, 0.2) is 6.23 Å². The first-order valence-electron chi connectivity index (χ1n) is 13.0. The molecule has 1 N–H and O–H groups in total. The number of terminal acetylenes is 1. The summed E-state index contributed by atoms with van der Waals surface area (Å²) in [6, 6.07) is 24.8. The average molecular weight is 581 g/mol. The monoisotopic (exact) mass is 580 g/mol. The molecule has 0 radical (unpaired) electrons. The van der Waals surface area contributed by atoms with Crippen molar-refractivity contribution in [1.29, 1.82) is 0 Å². The van der Waals surface area contributed by atoms with Crippen molar-refractivity contribution >= 4 is 17.9 Å². The second-order valence-electron chi connectivity index (χ2n) is 9.36. The number of H-pyrrole nitrogens is 1. The van der Waals surface area contributed by atoms with E-state index in [0.717, 1.165) is 12.3 Å². The standard InChI is InChI=1S/C32H24N2O9/c1-2-32(43-30(38)23-16-10-5-11-17-23)24(20-40-28(36)21-12-6-3-7-13-21)41-27(34-25(35)18-19-33-31(34)39)26(32)42-29(37)22-14-8-4-9-15-22/h1,3-19,24,26-27H,20H2,(H,33,39)/t24-,26+,27-,32-/m1/s1. The van der Waals surface area contributed by atoms with E-state index in [4.69, 9.17) is 25.4 Å². The molecule has 11 nitrogen and oxygen atoms in total. The summed E-state index contributed by atoms with van der Waals surface area (Å²) >= 11 is 0. The Labute approximate surface area is 244 Å². The third-order valence-corrected chi connectivity index (χ3v) is 6.72. The first-order chi connectivity index (χ1) is 20.8. The Hall–Kier alpha value is -5.73. The minimum absolute atomic E-state index is 0.100. The van der Waals surface area contributed by atoms with Crippen LogP contribution in [0.3, 0.4) is 0 Å². The number of carbonyl (C=O) groups excluding carboxylic acids is 3. The molecule has 1 saturated heterocycles. The van der Waals surface area contributed by atoms with Crippen LogP contribution in [0, 0.1) is 12.3 Å². The van der Waals surface area contributed by atoms with Crippen LogP contribution >= 0.6 is 0 Å². The molecule has 1 aliphatic heterocycles. The van der Waals surface area contributed by atoms with Crippen LogP contribution in [0.15, 0.2) is 113 Å². The van der Waals surface area contributed by atoms with Crippen LogP contribution in [0.4, 0.5) is 0 Å². The lowest BCUT2D eigenvalue weighted by molar-refractivity contribution is -0.0784. The van der Waals surface area contributed by atoms with E-state index in [9.17, 15) is 24.0 Å². The van der Waals surface area contributed by atoms with Crippen molar-refractivity contribution in [2.24, 2.45) is 0 Å². The number of benzene rings is 3. The maximum atomic E-state index is 13.4. The molecule has 0 saturated carbocycles. The van der Waals surface area contributed by atoms with Crippen molar-refractivity contribution in [3.05, 3.63) is 141 Å². The summed E-state index contributed by atoms with van der Waals surface area (Å²) in [6.45, 7) is -0.602. The summed E-state index contributed by atoms with van der Waals surface area (Å²) in [6.07, 6.45) is 2.20. The molecule has 0 bridgehead atoms. The van der Waals surface area contributed by atoms with Gasteiger partial charge in [-0.25, -0.2) is 23.7 Å². The summed E-state index contributed by atoms with van der Waals surface area (Å²) < 4.78 is 23.8. The lowest BCUT2D eigenvalue weighted by Crippen LogP contribution is -2.54. The van der Waals surface area contributed by atoms with Crippen molar-refractivity contribution in [3.8, 4) is 12.3 Å². The summed E-state index contributed by atoms with van der Waals surface area (Å²) in [5.41, 5.74) is -3.59. The summed E-state index contributed by atoms with van der Waals surface area (Å²) in [4.78, 5) is 67.7. The van der Waals surface area contributed by atoms with E-state index >= 15 is 0 Å². The van der Waals surface area contributed by atoms with Gasteiger partial charge >= 0.3 is 23.6 Å². The van der Waals surface area contributed by atoms with Crippen LogP contribution in [0.1, 0.15) is 37.3 Å². The largest absolute Gasteiger partial charge is 0.459 e. The zero-order valence-corrected chi connectivity index (χ0v) is 22.5. The number of aromatic amines is 1. The number of hydrogen-bond acceptors (Lipinski definition) is 9. The molecular formula is C32H24N2O9. The minimum Gasteiger partial charge on any atom is -0.459 e. The van der Waals surface area contributed by atoms with Gasteiger partial charge < -0.3 is 23.9 Å². The number of nitrogens with zero attached hydrogens (tertiary/aromatic N) is 1. The molecule has 43 heavy (non-hydrogen) atoms. The third kappa shape index (κ3) is 5.86. The van der Waals surface area contributed by atoms with E-state index in [1.165, 1.54) is 36.4 Å². The Bertz CT molecular complexity index is 1750. The van der Waals surface area contributed by atoms with Crippen LogP contribution < -0.4 is 11.2 Å². The Morgan fingerprint density at radius 3 is 1.88 bits per heavy atom. The second kappa shape index (κ2) is 12.4. The van der Waals surface area contributed by atoms with Gasteiger partial charge in [-0.05, 0) is 36.4 Å². The number of esters is 3. The lowest BCUT2D eigenvalue weighted by Gasteiger charge is -2.33. The van der Waals surface area contributed by atoms with E-state index in [-0.39, 0.29) is 16.7 Å². The van der Waals surface area contributed by atoms with Gasteiger partial charge in [0.2, 0.25) is 11.7 Å². The van der Waals surface area contributed by atoms with Gasteiger partial charge in [0.1, 0.15) is 12.7 Å². The maximum Gasteiger partial charge on any atom is 0.339 e. The number of hydrogen-bond donors (Lipinski definition) is 1. The highest BCUT2D eigenvalue weighted by Crippen LogP contribution is 2.42. The third-order valence-electron chi connectivity index (χ3n) is 6.72. The summed E-state index contributed by atoms with van der Waals surface area (Å²) in [5, 5.41) is 0. The van der Waals surface area contributed by atoms with Crippen LogP contribution in [-0.2, 0) is 18.9 Å². The van der Waals surface area contributed by atoms with Crippen molar-refractivity contribution in [2.45, 2.75) is 24.0 Å². The number of rotatable bonds is 8. The van der Waals surface area contributed by atoms with Gasteiger partial charge in [0, 0.05) is 12.3 Å². The van der Waals surface area contributed by atoms with Crippen LogP contribution in [-0.4, -0.2) is 51.9 Å². The van der Waals surface area contributed by atoms with Gasteiger partial charge in [-0.15, -0.1) is 6.42 Å². The quantitative estimate of drug-likeness (QED) is 0.189. The number of nitrogens with one attached hydrogen (secondary N) is 1. The van der Waals surface area contributed by atoms with Gasteiger partial charge in [0.05, 0.1) is 16.7 Å². The Kier molecular flexibility index (Phi) is 8.32. The van der Waals surface area contributed by atoms with Crippen molar-refractivity contribution in [1.82, 2.24) is 9.55 Å². The van der Waals surface area contributed by atoms with Crippen LogP contribution in [0.25, 0.3) is 0 Å². The molecular weight excluding hydrogens is 556 g/mol. The molecule has 1 aliphatic rings. The van der Waals surface area contributed by atoms with Gasteiger partial charge in [-0.1, -0.05) is 60.5 Å². The summed E-state index contributed by atoms with van der Waals surface area (Å²) in [7, 11) is 0. The molecule has 4 aromatic rings. The average Bonchev–Trinajstić information content (AvgIpc) is 3.32. The molecule has 2 heterocycles. The molecule has 11 heteroatoms. The highest BCUT2D eigenvalue weighted by Gasteiger charge is 2.63. The SMILES string of the molecule is C#C[C@@]1(OC(=O)c2ccccc2)[C@@H](COC(=O)c2ccccc2)O[C@@H](n2c(=O)cc[nH]c2=O)[C@@H]1OC(=O)c1ccccc1. The van der Waals surface area contributed by atoms with Gasteiger partial charge in [0.25, 0.3) is 5.56 Å². The second-order valence-corrected chi connectivity index (χ2v) is 9.36. The van der Waals surface area contributed by atoms with Crippen molar-refractivity contribution < 1.29 is 33.3 Å². The van der Waals surface area contributed by atoms with E-state index in [1.807, 2.05) is 0 Å². The molecule has 0 aliphatic carbocycles. The molecule has 4 atom stereocenters. The lowest BCUT2D eigenvalue weighted by atomic mass is 9.92. The van der Waals surface area contributed by atoms with E-state index < -0.39 is 59.8 Å². The fourth-order valence-corrected chi connectivity index (χ4v) is 4.60. The Morgan fingerprint density at radius 2 is 1.35 bits per heavy atom. The normalized spacial score (nSPS) is 20.9. The molecule has 0 unspecified atom stereocenters. The molecule has 1 fully saturated rings. The number of ether oxygens (including phenoxy) is 4. The molecule has 1 aromatic heterocycles. The van der Waals surface area contributed by atoms with Gasteiger partial charge in [-0.2, -0.15) is 0 Å². The zero-order valence-electron chi connectivity index (χ0n) is 22.5. The van der Waals surface area contributed by atoms with Crippen molar-refractivity contribution in [2.75, 3.05) is 6.61 Å². The molecule has 3 aromatic carbocycles. The first-order valence-corrected chi connectivity index (χ1v) is 13.0. The van der Waals surface area contributed by atoms with E-state index in [0.29, 0.717) is 4.57 Å². The molecule has 0 amide bonds. The highest BCUT2D eigenvalue weighted by molar-refractivity contribution is 5.91. The van der Waals surface area contributed by atoms with Crippen molar-refractivity contribution in [3.63, 3.8) is 0 Å². The smallest absolute Gasteiger partial charge is 0.339 e. The van der Waals surface area contributed by atoms with Crippen LogP contribution in [0.5, 0.6) is 0 Å². The number of aromatic nitrogens is 2. The van der Waals surface area contributed by atoms with Crippen LogP contribution in [0.2, 0.25) is 0 Å². The van der Waals surface area contributed by atoms with E-state index in [2.05, 4.69) is 10.9 Å². The molecule has 5 rings (SSSR count). The topological polar surface area (TPSA) is 143 Å². The van der Waals surface area contributed by atoms with E-state index in [1.54, 1.807) is 54.6 Å². The molecule has 0 spiro atoms.